The molecular formula is C28H41N5O7S2. The maximum absolute atomic E-state index is 13.4. The highest BCUT2D eigenvalue weighted by Crippen LogP contribution is 2.42. The smallest absolute Gasteiger partial charge is 0.325 e. The lowest BCUT2D eigenvalue weighted by Gasteiger charge is -2.34. The van der Waals surface area contributed by atoms with E-state index in [9.17, 15) is 28.2 Å². The molecule has 0 aromatic carbocycles. The molecule has 0 spiro atoms. The number of thiazole rings is 1. The average molecular weight is 624 g/mol. The first kappa shape index (κ1) is 32.4. The fraction of sp³-hybridized carbons (Fsp3) is 0.679. The van der Waals surface area contributed by atoms with Crippen molar-refractivity contribution in [2.24, 2.45) is 17.3 Å². The van der Waals surface area contributed by atoms with Crippen LogP contribution < -0.4 is 0 Å². The lowest BCUT2D eigenvalue weighted by atomic mass is 9.73. The number of hydrogen-bond donors (Lipinski definition) is 2. The normalized spacial score (nSPS) is 33.6. The molecule has 2 aromatic rings. The van der Waals surface area contributed by atoms with Crippen LogP contribution in [0.3, 0.4) is 0 Å². The van der Waals surface area contributed by atoms with Crippen LogP contribution in [-0.2, 0) is 24.5 Å². The van der Waals surface area contributed by atoms with Crippen molar-refractivity contribution in [1.29, 1.82) is 0 Å². The SMILES string of the molecule is C/C(=C\c1csc(C)n1)C1CC2[C@@H](CCC[C@H](C)[C@H](O)[C@@H](C)C(=O)C(C)(C)[C@@H](O)CC(=O)O1)N2S(=O)(=O)n1cncn1. The van der Waals surface area contributed by atoms with Crippen LogP contribution >= 0.6 is 11.3 Å². The van der Waals surface area contributed by atoms with E-state index in [1.807, 2.05) is 25.3 Å². The van der Waals surface area contributed by atoms with Gasteiger partial charge in [0.25, 0.3) is 0 Å². The molecule has 0 saturated carbocycles. The van der Waals surface area contributed by atoms with Crippen LogP contribution in [0.4, 0.5) is 0 Å². The monoisotopic (exact) mass is 623 g/mol. The van der Waals surface area contributed by atoms with Crippen molar-refractivity contribution >= 4 is 39.4 Å². The van der Waals surface area contributed by atoms with Gasteiger partial charge in [-0.2, -0.15) is 12.7 Å². The number of carbonyl (C=O) groups is 2. The minimum absolute atomic E-state index is 0.184. The Balaban J connectivity index is 1.68. The molecule has 42 heavy (non-hydrogen) atoms. The first-order valence-corrected chi connectivity index (χ1v) is 16.5. The molecule has 2 aliphatic rings. The zero-order valence-electron chi connectivity index (χ0n) is 24.9. The van der Waals surface area contributed by atoms with Crippen LogP contribution in [0.5, 0.6) is 0 Å². The van der Waals surface area contributed by atoms with Crippen LogP contribution in [0.1, 0.15) is 77.4 Å². The minimum atomic E-state index is -4.02. The van der Waals surface area contributed by atoms with Gasteiger partial charge < -0.3 is 14.9 Å². The molecule has 0 radical (unpaired) electrons. The maximum Gasteiger partial charge on any atom is 0.325 e. The third kappa shape index (κ3) is 6.83. The van der Waals surface area contributed by atoms with Gasteiger partial charge in [0.2, 0.25) is 0 Å². The summed E-state index contributed by atoms with van der Waals surface area (Å²) in [4.78, 5) is 34.8. The molecule has 4 rings (SSSR count). The van der Waals surface area contributed by atoms with E-state index in [0.29, 0.717) is 30.5 Å². The van der Waals surface area contributed by atoms with E-state index in [4.69, 9.17) is 4.74 Å². The van der Waals surface area contributed by atoms with Gasteiger partial charge >= 0.3 is 16.2 Å². The molecule has 0 amide bonds. The summed E-state index contributed by atoms with van der Waals surface area (Å²) in [6.45, 7) is 10.3. The zero-order chi connectivity index (χ0) is 31.0. The van der Waals surface area contributed by atoms with Crippen molar-refractivity contribution in [3.63, 3.8) is 0 Å². The van der Waals surface area contributed by atoms with Crippen molar-refractivity contribution in [2.45, 2.75) is 104 Å². The lowest BCUT2D eigenvalue weighted by molar-refractivity contribution is -0.154. The number of hydrogen-bond acceptors (Lipinski definition) is 11. The number of aliphatic hydroxyl groups is 2. The number of carbonyl (C=O) groups excluding carboxylic acids is 2. The topological polar surface area (TPSA) is 165 Å². The van der Waals surface area contributed by atoms with Crippen molar-refractivity contribution in [3.05, 3.63) is 34.3 Å². The fourth-order valence-electron chi connectivity index (χ4n) is 5.80. The predicted molar refractivity (Wildman–Crippen MR) is 156 cm³/mol. The van der Waals surface area contributed by atoms with Crippen LogP contribution in [0.15, 0.2) is 23.6 Å². The molecule has 2 saturated heterocycles. The molecule has 0 bridgehead atoms. The summed E-state index contributed by atoms with van der Waals surface area (Å²) in [7, 11) is -4.02. The Morgan fingerprint density at radius 2 is 1.90 bits per heavy atom. The summed E-state index contributed by atoms with van der Waals surface area (Å²) in [5.74, 6) is -2.07. The molecule has 0 aliphatic carbocycles. The van der Waals surface area contributed by atoms with E-state index < -0.39 is 58.3 Å². The Morgan fingerprint density at radius 1 is 1.19 bits per heavy atom. The quantitative estimate of drug-likeness (QED) is 0.382. The van der Waals surface area contributed by atoms with Gasteiger partial charge in [-0.05, 0) is 44.3 Å². The Morgan fingerprint density at radius 3 is 2.52 bits per heavy atom. The second-order valence-corrected chi connectivity index (χ2v) is 14.9. The summed E-state index contributed by atoms with van der Waals surface area (Å²) in [6, 6.07) is -0.858. The fourth-order valence-corrected chi connectivity index (χ4v) is 8.00. The second-order valence-electron chi connectivity index (χ2n) is 12.1. The predicted octanol–water partition coefficient (Wildman–Crippen LogP) is 2.76. The molecule has 2 N–H and O–H groups in total. The minimum Gasteiger partial charge on any atom is -0.458 e. The lowest BCUT2D eigenvalue weighted by Crippen LogP contribution is -2.45. The summed E-state index contributed by atoms with van der Waals surface area (Å²) < 4.78 is 35.0. The summed E-state index contributed by atoms with van der Waals surface area (Å²) in [5.41, 5.74) is 0.0681. The first-order valence-electron chi connectivity index (χ1n) is 14.2. The first-order chi connectivity index (χ1) is 19.6. The molecule has 8 atom stereocenters. The highest BCUT2D eigenvalue weighted by molar-refractivity contribution is 7.87. The van der Waals surface area contributed by atoms with Crippen LogP contribution in [0.25, 0.3) is 6.08 Å². The van der Waals surface area contributed by atoms with Crippen molar-refractivity contribution in [2.75, 3.05) is 0 Å². The second kappa shape index (κ2) is 12.6. The van der Waals surface area contributed by atoms with Gasteiger partial charge in [0.15, 0.2) is 0 Å². The third-order valence-corrected chi connectivity index (χ3v) is 11.2. The van der Waals surface area contributed by atoms with Crippen LogP contribution in [0.2, 0.25) is 0 Å². The van der Waals surface area contributed by atoms with Gasteiger partial charge in [-0.15, -0.1) is 20.5 Å². The molecule has 2 fully saturated rings. The molecule has 2 aromatic heterocycles. The van der Waals surface area contributed by atoms with E-state index in [-0.39, 0.29) is 24.2 Å². The van der Waals surface area contributed by atoms with Crippen LogP contribution in [-0.4, -0.2) is 84.2 Å². The van der Waals surface area contributed by atoms with Gasteiger partial charge in [0, 0.05) is 29.8 Å². The molecule has 14 heteroatoms. The number of aromatic nitrogens is 4. The van der Waals surface area contributed by atoms with Crippen molar-refractivity contribution < 1.29 is 33.0 Å². The highest BCUT2D eigenvalue weighted by Gasteiger charge is 2.56. The van der Waals surface area contributed by atoms with Crippen LogP contribution in [0, 0.1) is 24.2 Å². The number of fused-ring (bicyclic) bond motifs is 1. The van der Waals surface area contributed by atoms with Gasteiger partial charge in [0.05, 0.1) is 34.7 Å². The number of cyclic esters (lactones) is 1. The largest absolute Gasteiger partial charge is 0.458 e. The Labute approximate surface area is 251 Å². The molecule has 2 aliphatic heterocycles. The Kier molecular flexibility index (Phi) is 9.72. The standard InChI is InChI=1S/C28H41N5O7S2/c1-16-8-7-9-21-22(33(21)42(38,39)32-15-29-14-30-32)11-23(17(2)10-20-13-41-19(4)31-20)40-25(35)12-24(34)28(5,6)27(37)18(3)26(16)36/h10,13-16,18,21-24,26,34,36H,7-9,11-12H2,1-6H3/b17-10+/t16-,18+,21+,22?,23?,24-,26-,33?/m0/s1. The molecular weight excluding hydrogens is 582 g/mol. The van der Waals surface area contributed by atoms with Crippen molar-refractivity contribution in [3.8, 4) is 0 Å². The highest BCUT2D eigenvalue weighted by atomic mass is 32.2. The number of Topliss-reactive ketones (excluding diaryl/α,β-unsaturated/α-hetero) is 1. The third-order valence-electron chi connectivity index (χ3n) is 8.65. The van der Waals surface area contributed by atoms with E-state index in [1.54, 1.807) is 27.7 Å². The summed E-state index contributed by atoms with van der Waals surface area (Å²) >= 11 is 1.48. The summed E-state index contributed by atoms with van der Waals surface area (Å²) in [6.07, 6.45) is 2.41. The molecule has 232 valence electrons. The van der Waals surface area contributed by atoms with Gasteiger partial charge in [0.1, 0.15) is 24.5 Å². The molecule has 4 heterocycles. The van der Waals surface area contributed by atoms with E-state index in [0.717, 1.165) is 21.7 Å². The Bertz CT molecular complexity index is 1410. The average Bonchev–Trinajstić information content (AvgIpc) is 3.25. The molecule has 12 nitrogen and oxygen atoms in total. The number of aryl methyl sites for hydroxylation is 1. The number of ketones is 1. The van der Waals surface area contributed by atoms with E-state index in [1.165, 1.54) is 15.6 Å². The maximum atomic E-state index is 13.4. The van der Waals surface area contributed by atoms with Gasteiger partial charge in [-0.1, -0.05) is 34.1 Å². The van der Waals surface area contributed by atoms with Gasteiger partial charge in [-0.25, -0.2) is 9.97 Å². The number of ether oxygens (including phenoxy) is 1. The Hall–Kier alpha value is -2.52. The number of aliphatic hydroxyl groups excluding tert-OH is 2. The number of rotatable bonds is 4. The van der Waals surface area contributed by atoms with E-state index >= 15 is 0 Å². The molecule has 3 unspecified atom stereocenters. The number of nitrogens with zero attached hydrogens (tertiary/aromatic N) is 5. The van der Waals surface area contributed by atoms with E-state index in [2.05, 4.69) is 15.1 Å². The number of esters is 1. The zero-order valence-corrected chi connectivity index (χ0v) is 26.5. The van der Waals surface area contributed by atoms with Crippen molar-refractivity contribution in [1.82, 2.24) is 23.5 Å². The summed E-state index contributed by atoms with van der Waals surface area (Å²) in [5, 5.41) is 28.6. The van der Waals surface area contributed by atoms with Gasteiger partial charge in [-0.3, -0.25) is 9.59 Å².